The molecule has 0 aliphatic carbocycles. The number of hydroxylamine groups is 2. The molecule has 5 nitrogen and oxygen atoms in total. The second-order valence-electron chi connectivity index (χ2n) is 6.24. The molecule has 2 aromatic rings. The standard InChI is InChI=1S/C18H21Cl2F2N3O2/c1-10-7-14(19)13(15(20)8-10)6-5-12(9-21)25(27-4)18(26)16-11(2)23-24(3)17(16)22/h7-8,12H,5-6,9H2,1-4H3. The molecule has 1 unspecified atom stereocenters. The number of halogens is 4. The lowest BCUT2D eigenvalue weighted by Gasteiger charge is -2.27. The summed E-state index contributed by atoms with van der Waals surface area (Å²) >= 11 is 12.5. The smallest absolute Gasteiger partial charge is 0.274 e. The molecule has 0 spiro atoms. The van der Waals surface area contributed by atoms with Crippen LogP contribution in [-0.4, -0.2) is 40.6 Å². The van der Waals surface area contributed by atoms with Gasteiger partial charge in [0.2, 0.25) is 5.95 Å². The van der Waals surface area contributed by atoms with E-state index < -0.39 is 24.6 Å². The van der Waals surface area contributed by atoms with Gasteiger partial charge in [-0.25, -0.2) is 14.1 Å². The molecule has 0 fully saturated rings. The third-order valence-electron chi connectivity index (χ3n) is 4.29. The Hall–Kier alpha value is -1.70. The Morgan fingerprint density at radius 1 is 1.33 bits per heavy atom. The highest BCUT2D eigenvalue weighted by molar-refractivity contribution is 6.36. The van der Waals surface area contributed by atoms with E-state index in [9.17, 15) is 13.6 Å². The summed E-state index contributed by atoms with van der Waals surface area (Å²) in [5.41, 5.74) is 1.52. The lowest BCUT2D eigenvalue weighted by molar-refractivity contribution is -0.128. The minimum Gasteiger partial charge on any atom is -0.274 e. The summed E-state index contributed by atoms with van der Waals surface area (Å²) in [6.07, 6.45) is 0.522. The summed E-state index contributed by atoms with van der Waals surface area (Å²) in [5, 5.41) is 5.65. The quantitative estimate of drug-likeness (QED) is 0.622. The molecule has 1 heterocycles. The van der Waals surface area contributed by atoms with Crippen molar-refractivity contribution in [2.45, 2.75) is 32.7 Å². The second kappa shape index (κ2) is 8.99. The van der Waals surface area contributed by atoms with E-state index in [1.807, 2.05) is 6.92 Å². The van der Waals surface area contributed by atoms with Gasteiger partial charge in [0.05, 0.1) is 18.8 Å². The molecule has 0 N–H and O–H groups in total. The average Bonchev–Trinajstić information content (AvgIpc) is 2.84. The van der Waals surface area contributed by atoms with Crippen molar-refractivity contribution < 1.29 is 18.4 Å². The molecule has 1 aromatic heterocycles. The van der Waals surface area contributed by atoms with Crippen LogP contribution in [0.1, 0.15) is 33.6 Å². The van der Waals surface area contributed by atoms with E-state index in [2.05, 4.69) is 5.10 Å². The molecule has 0 aliphatic rings. The first-order valence-corrected chi connectivity index (χ1v) is 9.04. The third-order valence-corrected chi connectivity index (χ3v) is 4.96. The number of amides is 1. The van der Waals surface area contributed by atoms with Gasteiger partial charge in [-0.1, -0.05) is 23.2 Å². The maximum absolute atomic E-state index is 14.2. The van der Waals surface area contributed by atoms with Gasteiger partial charge in [-0.3, -0.25) is 9.63 Å². The molecule has 2 rings (SSSR count). The van der Waals surface area contributed by atoms with Crippen LogP contribution in [0.25, 0.3) is 0 Å². The van der Waals surface area contributed by atoms with Crippen molar-refractivity contribution in [1.29, 1.82) is 0 Å². The maximum Gasteiger partial charge on any atom is 0.284 e. The number of carbonyl (C=O) groups excluding carboxylic acids is 1. The fourth-order valence-electron chi connectivity index (χ4n) is 2.92. The van der Waals surface area contributed by atoms with Crippen molar-refractivity contribution >= 4 is 29.1 Å². The molecule has 0 aliphatic heterocycles. The Bertz CT molecular complexity index is 819. The van der Waals surface area contributed by atoms with E-state index in [0.717, 1.165) is 15.3 Å². The number of aryl methyl sites for hydroxylation is 3. The van der Waals surface area contributed by atoms with Gasteiger partial charge in [0.25, 0.3) is 5.91 Å². The first-order valence-electron chi connectivity index (χ1n) is 8.28. The van der Waals surface area contributed by atoms with E-state index in [4.69, 9.17) is 28.0 Å². The topological polar surface area (TPSA) is 47.4 Å². The monoisotopic (exact) mass is 419 g/mol. The van der Waals surface area contributed by atoms with Crippen LogP contribution in [0.2, 0.25) is 10.0 Å². The van der Waals surface area contributed by atoms with Crippen LogP contribution in [0.3, 0.4) is 0 Å². The molecule has 9 heteroatoms. The largest absolute Gasteiger partial charge is 0.284 e. The van der Waals surface area contributed by atoms with Crippen molar-refractivity contribution in [2.24, 2.45) is 7.05 Å². The highest BCUT2D eigenvalue weighted by atomic mass is 35.5. The molecule has 1 aromatic carbocycles. The highest BCUT2D eigenvalue weighted by Crippen LogP contribution is 2.29. The highest BCUT2D eigenvalue weighted by Gasteiger charge is 2.31. The fraction of sp³-hybridized carbons (Fsp3) is 0.444. The maximum atomic E-state index is 14.2. The van der Waals surface area contributed by atoms with E-state index in [-0.39, 0.29) is 17.7 Å². The van der Waals surface area contributed by atoms with Crippen LogP contribution in [0, 0.1) is 19.8 Å². The predicted molar refractivity (Wildman–Crippen MR) is 100 cm³/mol. The number of hydrogen-bond donors (Lipinski definition) is 0. The molecule has 0 radical (unpaired) electrons. The van der Waals surface area contributed by atoms with Gasteiger partial charge in [0.1, 0.15) is 12.2 Å². The van der Waals surface area contributed by atoms with Crippen molar-refractivity contribution in [1.82, 2.24) is 14.8 Å². The zero-order valence-electron chi connectivity index (χ0n) is 15.5. The summed E-state index contributed by atoms with van der Waals surface area (Å²) in [7, 11) is 2.61. The Balaban J connectivity index is 2.23. The van der Waals surface area contributed by atoms with Gasteiger partial charge in [0.15, 0.2) is 0 Å². The normalized spacial score (nSPS) is 12.3. The number of carbonyl (C=O) groups is 1. The first-order chi connectivity index (χ1) is 12.7. The lowest BCUT2D eigenvalue weighted by Crippen LogP contribution is -2.41. The van der Waals surface area contributed by atoms with Crippen molar-refractivity contribution in [3.05, 3.63) is 50.5 Å². The molecule has 0 saturated carbocycles. The summed E-state index contributed by atoms with van der Waals surface area (Å²) in [5.74, 6) is -1.59. The van der Waals surface area contributed by atoms with Gasteiger partial charge in [-0.2, -0.15) is 9.49 Å². The Labute approximate surface area is 166 Å². The van der Waals surface area contributed by atoms with Gasteiger partial charge >= 0.3 is 0 Å². The zero-order valence-corrected chi connectivity index (χ0v) is 17.0. The minimum absolute atomic E-state index is 0.194. The number of benzene rings is 1. The number of hydrogen-bond acceptors (Lipinski definition) is 3. The summed E-state index contributed by atoms with van der Waals surface area (Å²) in [4.78, 5) is 17.8. The van der Waals surface area contributed by atoms with Crippen molar-refractivity contribution in [3.63, 3.8) is 0 Å². The molecular weight excluding hydrogens is 399 g/mol. The van der Waals surface area contributed by atoms with Gasteiger partial charge in [-0.15, -0.1) is 0 Å². The summed E-state index contributed by atoms with van der Waals surface area (Å²) in [6, 6.07) is 2.59. The molecular formula is C18H21Cl2F2N3O2. The van der Waals surface area contributed by atoms with Gasteiger partial charge in [0, 0.05) is 17.1 Å². The number of aromatic nitrogens is 2. The van der Waals surface area contributed by atoms with E-state index in [1.165, 1.54) is 21.1 Å². The van der Waals surface area contributed by atoms with Crippen molar-refractivity contribution in [3.8, 4) is 0 Å². The molecule has 148 valence electrons. The third kappa shape index (κ3) is 4.59. The predicted octanol–water partition coefficient (Wildman–Crippen LogP) is 4.46. The Morgan fingerprint density at radius 2 is 1.93 bits per heavy atom. The van der Waals surface area contributed by atoms with Crippen LogP contribution in [0.5, 0.6) is 0 Å². The van der Waals surface area contributed by atoms with Crippen LogP contribution in [0.15, 0.2) is 12.1 Å². The molecule has 1 amide bonds. The lowest BCUT2D eigenvalue weighted by atomic mass is 10.0. The minimum atomic E-state index is -0.935. The fourth-order valence-corrected chi connectivity index (χ4v) is 3.70. The van der Waals surface area contributed by atoms with Gasteiger partial charge in [-0.05, 0) is 49.9 Å². The van der Waals surface area contributed by atoms with Crippen molar-refractivity contribution in [2.75, 3.05) is 13.8 Å². The van der Waals surface area contributed by atoms with E-state index in [1.54, 1.807) is 12.1 Å². The Kier molecular flexibility index (Phi) is 7.19. The SMILES string of the molecule is CON(C(=O)c1c(C)nn(C)c1F)C(CF)CCc1c(Cl)cc(C)cc1Cl. The molecule has 1 atom stereocenters. The number of nitrogens with zero attached hydrogens (tertiary/aromatic N) is 3. The zero-order chi connectivity index (χ0) is 20.3. The van der Waals surface area contributed by atoms with Crippen LogP contribution >= 0.6 is 23.2 Å². The van der Waals surface area contributed by atoms with E-state index in [0.29, 0.717) is 22.0 Å². The summed E-state index contributed by atoms with van der Waals surface area (Å²) in [6.45, 7) is 2.49. The number of rotatable bonds is 7. The van der Waals surface area contributed by atoms with Crippen LogP contribution in [0.4, 0.5) is 8.78 Å². The van der Waals surface area contributed by atoms with Crippen LogP contribution in [-0.2, 0) is 18.3 Å². The second-order valence-corrected chi connectivity index (χ2v) is 7.06. The summed E-state index contributed by atoms with van der Waals surface area (Å²) < 4.78 is 28.8. The van der Waals surface area contributed by atoms with Crippen LogP contribution < -0.4 is 0 Å². The first kappa shape index (κ1) is 21.6. The molecule has 0 saturated heterocycles. The van der Waals surface area contributed by atoms with E-state index >= 15 is 0 Å². The average molecular weight is 420 g/mol. The molecule has 0 bridgehead atoms. The number of alkyl halides is 1. The molecule has 27 heavy (non-hydrogen) atoms. The van der Waals surface area contributed by atoms with Gasteiger partial charge < -0.3 is 0 Å². The Morgan fingerprint density at radius 3 is 2.37 bits per heavy atom.